The Morgan fingerprint density at radius 3 is 2.64 bits per heavy atom. The predicted octanol–water partition coefficient (Wildman–Crippen LogP) is 4.04. The van der Waals surface area contributed by atoms with Gasteiger partial charge in [-0.25, -0.2) is 4.79 Å². The predicted molar refractivity (Wildman–Crippen MR) is 112 cm³/mol. The van der Waals surface area contributed by atoms with Gasteiger partial charge in [0.2, 0.25) is 0 Å². The molecule has 1 aliphatic heterocycles. The van der Waals surface area contributed by atoms with Crippen LogP contribution in [0.2, 0.25) is 0 Å². The standard InChI is InChI=1S/C19H17I2NO3/c20-13-7-15(17(23)16(21)8-13)18(24)25-19(11-4-2-1-3-5-11)9-14-6-12(19)10-22-14/h1-5,7-8,12,14,22-23H,6,9-10H2. The van der Waals surface area contributed by atoms with E-state index in [-0.39, 0.29) is 17.2 Å². The minimum atomic E-state index is -0.618. The third-order valence-corrected chi connectivity index (χ3v) is 6.66. The van der Waals surface area contributed by atoms with Crippen molar-refractivity contribution >= 4 is 51.2 Å². The number of phenolic OH excluding ortho intramolecular Hbond substituents is 1. The van der Waals surface area contributed by atoms with Gasteiger partial charge in [-0.3, -0.25) is 0 Å². The van der Waals surface area contributed by atoms with Crippen LogP contribution in [0.15, 0.2) is 42.5 Å². The molecule has 4 nitrogen and oxygen atoms in total. The van der Waals surface area contributed by atoms with Crippen LogP contribution in [-0.4, -0.2) is 23.7 Å². The van der Waals surface area contributed by atoms with Gasteiger partial charge in [0.25, 0.3) is 0 Å². The van der Waals surface area contributed by atoms with Gasteiger partial charge in [0.1, 0.15) is 16.9 Å². The highest BCUT2D eigenvalue weighted by molar-refractivity contribution is 14.1. The number of carbonyl (C=O) groups is 1. The summed E-state index contributed by atoms with van der Waals surface area (Å²) in [7, 11) is 0. The molecule has 3 unspecified atom stereocenters. The van der Waals surface area contributed by atoms with Crippen molar-refractivity contribution in [2.45, 2.75) is 24.5 Å². The number of rotatable bonds is 3. The van der Waals surface area contributed by atoms with E-state index in [1.54, 1.807) is 6.07 Å². The van der Waals surface area contributed by atoms with E-state index in [4.69, 9.17) is 4.74 Å². The van der Waals surface area contributed by atoms with Gasteiger partial charge in [-0.05, 0) is 69.3 Å². The number of halogens is 2. The van der Waals surface area contributed by atoms with E-state index in [1.165, 1.54) is 0 Å². The molecule has 2 bridgehead atoms. The minimum Gasteiger partial charge on any atom is -0.506 e. The average molecular weight is 561 g/mol. The zero-order chi connectivity index (χ0) is 17.6. The van der Waals surface area contributed by atoms with Crippen molar-refractivity contribution in [3.8, 4) is 5.75 Å². The monoisotopic (exact) mass is 561 g/mol. The molecule has 1 heterocycles. The topological polar surface area (TPSA) is 58.6 Å². The van der Waals surface area contributed by atoms with Crippen molar-refractivity contribution in [2.75, 3.05) is 6.54 Å². The summed E-state index contributed by atoms with van der Waals surface area (Å²) in [6.07, 6.45) is 1.78. The Balaban J connectivity index is 1.72. The number of phenols is 1. The molecule has 2 fully saturated rings. The minimum absolute atomic E-state index is 0.00416. The molecule has 0 amide bonds. The van der Waals surface area contributed by atoms with Crippen molar-refractivity contribution in [1.29, 1.82) is 0 Å². The SMILES string of the molecule is O=C(OC1(c2ccccc2)CC2CC1CN2)c1cc(I)cc(I)c1O. The Hall–Kier alpha value is -0.870. The fraction of sp³-hybridized carbons (Fsp3) is 0.316. The van der Waals surface area contributed by atoms with E-state index in [1.807, 2.05) is 59.0 Å². The quantitative estimate of drug-likeness (QED) is 0.439. The summed E-state index contributed by atoms with van der Waals surface area (Å²) in [5.41, 5.74) is 0.660. The van der Waals surface area contributed by atoms with Gasteiger partial charge in [-0.2, -0.15) is 0 Å². The number of hydrogen-bond acceptors (Lipinski definition) is 4. The normalized spacial score (nSPS) is 27.4. The van der Waals surface area contributed by atoms with Crippen molar-refractivity contribution in [3.63, 3.8) is 0 Å². The molecule has 2 N–H and O–H groups in total. The van der Waals surface area contributed by atoms with Gasteiger partial charge in [0, 0.05) is 28.5 Å². The van der Waals surface area contributed by atoms with E-state index in [9.17, 15) is 9.90 Å². The third kappa shape index (κ3) is 3.06. The van der Waals surface area contributed by atoms with Gasteiger partial charge in [-0.15, -0.1) is 0 Å². The highest BCUT2D eigenvalue weighted by atomic mass is 127. The van der Waals surface area contributed by atoms with Crippen molar-refractivity contribution in [3.05, 3.63) is 60.7 Å². The first-order valence-corrected chi connectivity index (χ1v) is 10.4. The lowest BCUT2D eigenvalue weighted by Gasteiger charge is -2.38. The summed E-state index contributed by atoms with van der Waals surface area (Å²) in [5, 5.41) is 13.8. The zero-order valence-electron chi connectivity index (χ0n) is 13.3. The summed E-state index contributed by atoms with van der Waals surface area (Å²) in [4.78, 5) is 13.0. The molecule has 1 aliphatic carbocycles. The molecule has 2 aromatic carbocycles. The first-order valence-electron chi connectivity index (χ1n) is 8.20. The number of benzene rings is 2. The molecule has 1 saturated heterocycles. The highest BCUT2D eigenvalue weighted by Gasteiger charge is 2.55. The Labute approximate surface area is 173 Å². The van der Waals surface area contributed by atoms with Crippen molar-refractivity contribution in [2.24, 2.45) is 5.92 Å². The van der Waals surface area contributed by atoms with Crippen molar-refractivity contribution in [1.82, 2.24) is 5.32 Å². The fourth-order valence-corrected chi connectivity index (χ4v) is 5.91. The average Bonchev–Trinajstić information content (AvgIpc) is 3.20. The molecule has 130 valence electrons. The van der Waals surface area contributed by atoms with Crippen LogP contribution in [0, 0.1) is 13.1 Å². The fourth-order valence-electron chi connectivity index (χ4n) is 4.06. The second-order valence-electron chi connectivity index (χ2n) is 6.67. The summed E-state index contributed by atoms with van der Waals surface area (Å²) < 4.78 is 7.70. The van der Waals surface area contributed by atoms with Crippen LogP contribution >= 0.6 is 45.2 Å². The first-order chi connectivity index (χ1) is 12.0. The molecule has 6 heteroatoms. The molecular formula is C19H17I2NO3. The Morgan fingerprint density at radius 2 is 2.00 bits per heavy atom. The molecule has 1 saturated carbocycles. The van der Waals surface area contributed by atoms with Gasteiger partial charge in [-0.1, -0.05) is 30.3 Å². The zero-order valence-corrected chi connectivity index (χ0v) is 17.7. The van der Waals surface area contributed by atoms with E-state index < -0.39 is 11.6 Å². The van der Waals surface area contributed by atoms with E-state index >= 15 is 0 Å². The second-order valence-corrected chi connectivity index (χ2v) is 9.08. The van der Waals surface area contributed by atoms with Crippen LogP contribution in [0.5, 0.6) is 5.75 Å². The van der Waals surface area contributed by atoms with Crippen LogP contribution in [0.3, 0.4) is 0 Å². The Morgan fingerprint density at radius 1 is 1.24 bits per heavy atom. The number of fused-ring (bicyclic) bond motifs is 2. The van der Waals surface area contributed by atoms with Gasteiger partial charge < -0.3 is 15.2 Å². The summed E-state index contributed by atoms with van der Waals surface area (Å²) >= 11 is 4.18. The number of carbonyl (C=O) groups excluding carboxylic acids is 1. The lowest BCUT2D eigenvalue weighted by Crippen LogP contribution is -2.44. The van der Waals surface area contributed by atoms with Crippen LogP contribution < -0.4 is 5.32 Å². The smallest absolute Gasteiger partial charge is 0.342 e. The van der Waals surface area contributed by atoms with Crippen LogP contribution in [0.4, 0.5) is 0 Å². The maximum atomic E-state index is 13.0. The Bertz CT molecular complexity index is 827. The van der Waals surface area contributed by atoms with Crippen molar-refractivity contribution < 1.29 is 14.6 Å². The molecule has 0 radical (unpaired) electrons. The number of esters is 1. The number of aromatic hydroxyl groups is 1. The van der Waals surface area contributed by atoms with Crippen LogP contribution in [0.1, 0.15) is 28.8 Å². The highest BCUT2D eigenvalue weighted by Crippen LogP contribution is 2.50. The second kappa shape index (κ2) is 6.70. The van der Waals surface area contributed by atoms with E-state index in [0.717, 1.165) is 28.5 Å². The van der Waals surface area contributed by atoms with E-state index in [2.05, 4.69) is 27.9 Å². The van der Waals surface area contributed by atoms with Gasteiger partial charge >= 0.3 is 5.97 Å². The summed E-state index contributed by atoms with van der Waals surface area (Å²) in [6, 6.07) is 13.9. The molecule has 0 spiro atoms. The van der Waals surface area contributed by atoms with Crippen LogP contribution in [-0.2, 0) is 10.3 Å². The number of hydrogen-bond donors (Lipinski definition) is 2. The number of ether oxygens (including phenoxy) is 1. The van der Waals surface area contributed by atoms with Gasteiger partial charge in [0.15, 0.2) is 0 Å². The Kier molecular flexibility index (Phi) is 4.70. The molecule has 4 rings (SSSR count). The number of piperidine rings is 1. The molecule has 2 aromatic rings. The maximum Gasteiger partial charge on any atom is 0.342 e. The first kappa shape index (κ1) is 17.5. The molecule has 0 aromatic heterocycles. The lowest BCUT2D eigenvalue weighted by molar-refractivity contribution is -0.0491. The largest absolute Gasteiger partial charge is 0.506 e. The molecular weight excluding hydrogens is 544 g/mol. The molecule has 25 heavy (non-hydrogen) atoms. The number of nitrogens with one attached hydrogen (secondary N) is 1. The summed E-state index contributed by atoms with van der Waals surface area (Å²) in [6.45, 7) is 0.850. The summed E-state index contributed by atoms with van der Waals surface area (Å²) in [5.74, 6) is -0.200. The third-order valence-electron chi connectivity index (χ3n) is 5.22. The van der Waals surface area contributed by atoms with E-state index in [0.29, 0.717) is 9.61 Å². The molecule has 3 atom stereocenters. The lowest BCUT2D eigenvalue weighted by atomic mass is 9.82. The van der Waals surface area contributed by atoms with Crippen LogP contribution in [0.25, 0.3) is 0 Å². The maximum absolute atomic E-state index is 13.0. The van der Waals surface area contributed by atoms with Gasteiger partial charge in [0.05, 0.1) is 3.57 Å². The molecule has 2 aliphatic rings.